The van der Waals surface area contributed by atoms with Crippen LogP contribution < -0.4 is 10.6 Å². The Morgan fingerprint density at radius 2 is 1.78 bits per heavy atom. The maximum absolute atomic E-state index is 12.5. The molecule has 0 radical (unpaired) electrons. The highest BCUT2D eigenvalue weighted by molar-refractivity contribution is 9.10. The van der Waals surface area contributed by atoms with Crippen molar-refractivity contribution in [2.75, 3.05) is 11.9 Å². The van der Waals surface area contributed by atoms with E-state index >= 15 is 0 Å². The van der Waals surface area contributed by atoms with Crippen LogP contribution in [-0.4, -0.2) is 29.2 Å². The van der Waals surface area contributed by atoms with Crippen molar-refractivity contribution in [3.63, 3.8) is 0 Å². The lowest BCUT2D eigenvalue weighted by Gasteiger charge is -2.16. The van der Waals surface area contributed by atoms with Crippen molar-refractivity contribution in [2.24, 2.45) is 0 Å². The molecule has 0 bridgehead atoms. The Balaban J connectivity index is 1.31. The topological polar surface area (TPSA) is 91.7 Å². The molecule has 0 atom stereocenters. The first-order valence-corrected chi connectivity index (χ1v) is 11.1. The summed E-state index contributed by atoms with van der Waals surface area (Å²) in [6.45, 7) is 1.78. The van der Waals surface area contributed by atoms with Gasteiger partial charge in [-0.05, 0) is 69.9 Å². The van der Waals surface area contributed by atoms with Crippen molar-refractivity contribution < 1.29 is 18.8 Å². The fraction of sp³-hybridized carbons (Fsp3) is 0.208. The lowest BCUT2D eigenvalue weighted by molar-refractivity contribution is -0.128. The van der Waals surface area contributed by atoms with Gasteiger partial charge in [0, 0.05) is 37.3 Å². The van der Waals surface area contributed by atoms with Gasteiger partial charge in [-0.2, -0.15) is 0 Å². The second-order valence-corrected chi connectivity index (χ2v) is 8.34. The molecule has 2 heterocycles. The van der Waals surface area contributed by atoms with Gasteiger partial charge in [-0.1, -0.05) is 24.3 Å². The highest BCUT2D eigenvalue weighted by atomic mass is 79.9. The SMILES string of the molecule is O=C(NCc1cccc(CN2CCCC2=O)c1)c1ccc(NC(=O)c2ccc(Br)o2)cc1. The number of nitrogens with zero attached hydrogens (tertiary/aromatic N) is 1. The Bertz CT molecular complexity index is 1140. The molecule has 0 unspecified atom stereocenters. The molecule has 1 fully saturated rings. The summed E-state index contributed by atoms with van der Waals surface area (Å²) in [7, 11) is 0. The van der Waals surface area contributed by atoms with Crippen LogP contribution in [0, 0.1) is 0 Å². The van der Waals surface area contributed by atoms with Crippen LogP contribution in [0.25, 0.3) is 0 Å². The number of likely N-dealkylation sites (tertiary alicyclic amines) is 1. The summed E-state index contributed by atoms with van der Waals surface area (Å²) >= 11 is 3.16. The van der Waals surface area contributed by atoms with Crippen LogP contribution in [0.1, 0.15) is 44.9 Å². The molecule has 0 spiro atoms. The molecular formula is C24H22BrN3O4. The number of anilines is 1. The summed E-state index contributed by atoms with van der Waals surface area (Å²) in [5.74, 6) is -0.197. The largest absolute Gasteiger partial charge is 0.444 e. The number of nitrogens with one attached hydrogen (secondary N) is 2. The Kier molecular flexibility index (Phi) is 6.70. The minimum Gasteiger partial charge on any atom is -0.444 e. The van der Waals surface area contributed by atoms with Crippen molar-refractivity contribution in [3.05, 3.63) is 87.8 Å². The molecule has 1 aromatic heterocycles. The first-order valence-electron chi connectivity index (χ1n) is 10.3. The van der Waals surface area contributed by atoms with Gasteiger partial charge >= 0.3 is 0 Å². The van der Waals surface area contributed by atoms with E-state index in [0.29, 0.717) is 35.4 Å². The Morgan fingerprint density at radius 3 is 2.47 bits per heavy atom. The number of amides is 3. The van der Waals surface area contributed by atoms with Gasteiger partial charge in [0.2, 0.25) is 5.91 Å². The van der Waals surface area contributed by atoms with Crippen molar-refractivity contribution in [1.29, 1.82) is 0 Å². The molecule has 3 amide bonds. The van der Waals surface area contributed by atoms with Crippen LogP contribution in [0.4, 0.5) is 5.69 Å². The average Bonchev–Trinajstić information content (AvgIpc) is 3.41. The third-order valence-corrected chi connectivity index (χ3v) is 5.62. The number of carbonyl (C=O) groups is 3. The monoisotopic (exact) mass is 495 g/mol. The number of halogens is 1. The van der Waals surface area contributed by atoms with E-state index in [1.54, 1.807) is 36.4 Å². The van der Waals surface area contributed by atoms with E-state index in [4.69, 9.17) is 4.42 Å². The van der Waals surface area contributed by atoms with E-state index in [2.05, 4.69) is 26.6 Å². The molecule has 8 heteroatoms. The Morgan fingerprint density at radius 1 is 1.00 bits per heavy atom. The smallest absolute Gasteiger partial charge is 0.291 e. The molecule has 2 aromatic carbocycles. The standard InChI is InChI=1S/C24H22BrN3O4/c25-21-11-10-20(32-21)24(31)27-19-8-6-18(7-9-19)23(30)26-14-16-3-1-4-17(13-16)15-28-12-2-5-22(28)29/h1,3-4,6-11,13H,2,5,12,14-15H2,(H,26,30)(H,27,31). The van der Waals surface area contributed by atoms with E-state index in [0.717, 1.165) is 24.1 Å². The van der Waals surface area contributed by atoms with Gasteiger partial charge < -0.3 is 20.0 Å². The maximum Gasteiger partial charge on any atom is 0.291 e. The number of hydrogen-bond acceptors (Lipinski definition) is 4. The third kappa shape index (κ3) is 5.45. The van der Waals surface area contributed by atoms with Crippen LogP contribution in [-0.2, 0) is 17.9 Å². The number of hydrogen-bond donors (Lipinski definition) is 2. The van der Waals surface area contributed by atoms with Crippen LogP contribution >= 0.6 is 15.9 Å². The molecule has 1 saturated heterocycles. The van der Waals surface area contributed by atoms with Gasteiger partial charge in [0.25, 0.3) is 11.8 Å². The van der Waals surface area contributed by atoms with E-state index in [9.17, 15) is 14.4 Å². The van der Waals surface area contributed by atoms with E-state index < -0.39 is 0 Å². The van der Waals surface area contributed by atoms with E-state index in [1.807, 2.05) is 29.2 Å². The van der Waals surface area contributed by atoms with Crippen LogP contribution in [0.3, 0.4) is 0 Å². The summed E-state index contributed by atoms with van der Waals surface area (Å²) in [6.07, 6.45) is 1.54. The van der Waals surface area contributed by atoms with E-state index in [-0.39, 0.29) is 23.5 Å². The molecule has 2 N–H and O–H groups in total. The zero-order valence-electron chi connectivity index (χ0n) is 17.3. The first kappa shape index (κ1) is 21.8. The molecule has 164 valence electrons. The second-order valence-electron chi connectivity index (χ2n) is 7.56. The number of carbonyl (C=O) groups excluding carboxylic acids is 3. The van der Waals surface area contributed by atoms with Gasteiger partial charge in [0.15, 0.2) is 10.4 Å². The number of benzene rings is 2. The first-order chi connectivity index (χ1) is 15.5. The van der Waals surface area contributed by atoms with Gasteiger partial charge in [-0.15, -0.1) is 0 Å². The molecule has 1 aliphatic rings. The van der Waals surface area contributed by atoms with Gasteiger partial charge in [0.05, 0.1) is 0 Å². The van der Waals surface area contributed by atoms with Gasteiger partial charge in [-0.25, -0.2) is 0 Å². The zero-order valence-corrected chi connectivity index (χ0v) is 18.9. The van der Waals surface area contributed by atoms with Crippen molar-refractivity contribution in [1.82, 2.24) is 10.2 Å². The minimum absolute atomic E-state index is 0.190. The molecule has 0 aliphatic carbocycles. The maximum atomic E-state index is 12.5. The second kappa shape index (κ2) is 9.82. The number of furan rings is 1. The predicted molar refractivity (Wildman–Crippen MR) is 123 cm³/mol. The predicted octanol–water partition coefficient (Wildman–Crippen LogP) is 4.35. The third-order valence-electron chi connectivity index (χ3n) is 5.19. The highest BCUT2D eigenvalue weighted by Gasteiger charge is 2.20. The highest BCUT2D eigenvalue weighted by Crippen LogP contribution is 2.17. The van der Waals surface area contributed by atoms with Crippen LogP contribution in [0.15, 0.2) is 69.8 Å². The molecular weight excluding hydrogens is 474 g/mol. The molecule has 1 aliphatic heterocycles. The average molecular weight is 496 g/mol. The van der Waals surface area contributed by atoms with Crippen molar-refractivity contribution in [3.8, 4) is 0 Å². The molecule has 0 saturated carbocycles. The molecule has 4 rings (SSSR count). The summed E-state index contributed by atoms with van der Waals surface area (Å²) < 4.78 is 5.70. The number of rotatable bonds is 7. The van der Waals surface area contributed by atoms with Crippen LogP contribution in [0.2, 0.25) is 0 Å². The lowest BCUT2D eigenvalue weighted by Crippen LogP contribution is -2.24. The van der Waals surface area contributed by atoms with Gasteiger partial charge in [0.1, 0.15) is 0 Å². The fourth-order valence-electron chi connectivity index (χ4n) is 3.55. The Labute approximate surface area is 193 Å². The van der Waals surface area contributed by atoms with Crippen LogP contribution in [0.5, 0.6) is 0 Å². The normalized spacial score (nSPS) is 13.3. The molecule has 7 nitrogen and oxygen atoms in total. The quantitative estimate of drug-likeness (QED) is 0.509. The summed E-state index contributed by atoms with van der Waals surface area (Å²) in [6, 6.07) is 17.7. The van der Waals surface area contributed by atoms with E-state index in [1.165, 1.54) is 0 Å². The van der Waals surface area contributed by atoms with Crippen molar-refractivity contribution >= 4 is 39.3 Å². The molecule has 32 heavy (non-hydrogen) atoms. The van der Waals surface area contributed by atoms with Gasteiger partial charge in [-0.3, -0.25) is 14.4 Å². The minimum atomic E-state index is -0.372. The zero-order chi connectivity index (χ0) is 22.5. The summed E-state index contributed by atoms with van der Waals surface area (Å²) in [5, 5.41) is 5.63. The summed E-state index contributed by atoms with van der Waals surface area (Å²) in [5.41, 5.74) is 3.07. The lowest BCUT2D eigenvalue weighted by atomic mass is 10.1. The summed E-state index contributed by atoms with van der Waals surface area (Å²) in [4.78, 5) is 38.3. The Hall–Kier alpha value is -3.39. The molecule has 3 aromatic rings. The fourth-order valence-corrected chi connectivity index (χ4v) is 3.85. The van der Waals surface area contributed by atoms with Crippen molar-refractivity contribution in [2.45, 2.75) is 25.9 Å².